The van der Waals surface area contributed by atoms with E-state index in [2.05, 4.69) is 15.6 Å². The van der Waals surface area contributed by atoms with Crippen molar-refractivity contribution in [2.24, 2.45) is 0 Å². The zero-order valence-corrected chi connectivity index (χ0v) is 16.2. The maximum absolute atomic E-state index is 12.7. The number of hydrogen-bond acceptors (Lipinski definition) is 5. The molecule has 148 valence electrons. The summed E-state index contributed by atoms with van der Waals surface area (Å²) in [5, 5.41) is 6.50. The Labute approximate surface area is 165 Å². The first kappa shape index (κ1) is 18.7. The van der Waals surface area contributed by atoms with Crippen molar-refractivity contribution in [1.82, 2.24) is 20.2 Å². The van der Waals surface area contributed by atoms with E-state index in [0.717, 1.165) is 49.3 Å². The molecule has 4 rings (SSSR count). The Bertz CT molecular complexity index is 808. The summed E-state index contributed by atoms with van der Waals surface area (Å²) in [5.74, 6) is 0.644. The Kier molecular flexibility index (Phi) is 5.71. The molecule has 7 heteroatoms. The van der Waals surface area contributed by atoms with Crippen LogP contribution in [0, 0.1) is 0 Å². The highest BCUT2D eigenvalue weighted by molar-refractivity contribution is 5.75. The molecule has 2 N–H and O–H groups in total. The average molecular weight is 381 g/mol. The first-order valence-corrected chi connectivity index (χ1v) is 9.98. The van der Waals surface area contributed by atoms with Crippen molar-refractivity contribution < 1.29 is 9.53 Å². The third-order valence-corrected chi connectivity index (χ3v) is 5.43. The van der Waals surface area contributed by atoms with Gasteiger partial charge in [0.2, 0.25) is 5.95 Å². The molecule has 0 saturated carbocycles. The molecule has 28 heavy (non-hydrogen) atoms. The summed E-state index contributed by atoms with van der Waals surface area (Å²) in [4.78, 5) is 23.7. The van der Waals surface area contributed by atoms with Gasteiger partial charge in [0.05, 0.1) is 18.3 Å². The van der Waals surface area contributed by atoms with E-state index >= 15 is 0 Å². The van der Waals surface area contributed by atoms with E-state index in [4.69, 9.17) is 9.72 Å². The minimum Gasteiger partial charge on any atom is -0.381 e. The molecule has 1 aromatic carbocycles. The zero-order valence-electron chi connectivity index (χ0n) is 16.2. The normalized spacial score (nSPS) is 18.2. The molecule has 2 aliphatic heterocycles. The Hall–Kier alpha value is -2.67. The summed E-state index contributed by atoms with van der Waals surface area (Å²) in [6, 6.07) is 10.3. The molecular formula is C21H27N5O2. The smallest absolute Gasteiger partial charge is 0.318 e. The van der Waals surface area contributed by atoms with Gasteiger partial charge in [0, 0.05) is 32.0 Å². The van der Waals surface area contributed by atoms with Crippen LogP contribution >= 0.6 is 0 Å². The van der Waals surface area contributed by atoms with Gasteiger partial charge in [0.15, 0.2) is 0 Å². The van der Waals surface area contributed by atoms with Crippen molar-refractivity contribution >= 4 is 12.0 Å². The second kappa shape index (κ2) is 8.56. The molecule has 1 unspecified atom stereocenters. The molecule has 7 nitrogen and oxygen atoms in total. The number of urea groups is 1. The third kappa shape index (κ3) is 4.42. The molecule has 1 saturated heterocycles. The molecule has 0 spiro atoms. The van der Waals surface area contributed by atoms with Gasteiger partial charge in [0.1, 0.15) is 0 Å². The minimum absolute atomic E-state index is 0.0359. The van der Waals surface area contributed by atoms with E-state index in [1.807, 2.05) is 48.4 Å². The van der Waals surface area contributed by atoms with Gasteiger partial charge in [0.25, 0.3) is 0 Å². The van der Waals surface area contributed by atoms with E-state index in [0.29, 0.717) is 25.1 Å². The van der Waals surface area contributed by atoms with Gasteiger partial charge in [-0.3, -0.25) is 0 Å². The van der Waals surface area contributed by atoms with Gasteiger partial charge >= 0.3 is 6.03 Å². The SMILES string of the molecule is CC(NC(=O)N1CCc2cnc(NC3CCOCC3)nc2C1)c1ccccc1. The molecule has 2 amide bonds. The maximum atomic E-state index is 12.7. The Morgan fingerprint density at radius 1 is 1.25 bits per heavy atom. The molecule has 1 fully saturated rings. The predicted molar refractivity (Wildman–Crippen MR) is 107 cm³/mol. The second-order valence-electron chi connectivity index (χ2n) is 7.45. The van der Waals surface area contributed by atoms with Crippen molar-refractivity contribution in [2.45, 2.75) is 44.8 Å². The lowest BCUT2D eigenvalue weighted by Gasteiger charge is -2.30. The van der Waals surface area contributed by atoms with Gasteiger partial charge in [-0.2, -0.15) is 0 Å². The highest BCUT2D eigenvalue weighted by Crippen LogP contribution is 2.20. The van der Waals surface area contributed by atoms with Crippen LogP contribution in [0.25, 0.3) is 0 Å². The highest BCUT2D eigenvalue weighted by atomic mass is 16.5. The van der Waals surface area contributed by atoms with E-state index in [9.17, 15) is 4.79 Å². The quantitative estimate of drug-likeness (QED) is 0.851. The number of nitrogens with one attached hydrogen (secondary N) is 2. The van der Waals surface area contributed by atoms with Crippen molar-refractivity contribution in [2.75, 3.05) is 25.1 Å². The number of carbonyl (C=O) groups is 1. The molecule has 1 aromatic heterocycles. The van der Waals surface area contributed by atoms with Gasteiger partial charge in [-0.25, -0.2) is 14.8 Å². The lowest BCUT2D eigenvalue weighted by molar-refractivity contribution is 0.0903. The molecule has 0 aliphatic carbocycles. The lowest BCUT2D eigenvalue weighted by atomic mass is 10.1. The van der Waals surface area contributed by atoms with Gasteiger partial charge < -0.3 is 20.3 Å². The summed E-state index contributed by atoms with van der Waals surface area (Å²) < 4.78 is 5.40. The van der Waals surface area contributed by atoms with Crippen molar-refractivity contribution in [3.8, 4) is 0 Å². The first-order valence-electron chi connectivity index (χ1n) is 9.98. The van der Waals surface area contributed by atoms with Crippen LogP contribution in [0.5, 0.6) is 0 Å². The number of amides is 2. The Morgan fingerprint density at radius 2 is 2.04 bits per heavy atom. The maximum Gasteiger partial charge on any atom is 0.318 e. The monoisotopic (exact) mass is 381 g/mol. The minimum atomic E-state index is -0.0560. The number of anilines is 1. The average Bonchev–Trinajstić information content (AvgIpc) is 2.74. The fraction of sp³-hybridized carbons (Fsp3) is 0.476. The van der Waals surface area contributed by atoms with Crippen molar-refractivity contribution in [1.29, 1.82) is 0 Å². The molecular weight excluding hydrogens is 354 g/mol. The largest absolute Gasteiger partial charge is 0.381 e. The van der Waals surface area contributed by atoms with Crippen LogP contribution < -0.4 is 10.6 Å². The summed E-state index contributed by atoms with van der Waals surface area (Å²) in [5.41, 5.74) is 3.15. The van der Waals surface area contributed by atoms with Crippen LogP contribution in [0.2, 0.25) is 0 Å². The standard InChI is InChI=1S/C21H27N5O2/c1-15(16-5-3-2-4-6-16)23-21(27)26-10-7-17-13-22-20(25-19(17)14-26)24-18-8-11-28-12-9-18/h2-6,13,15,18H,7-12,14H2,1H3,(H,23,27)(H,22,24,25). The first-order chi connectivity index (χ1) is 13.7. The van der Waals surface area contributed by atoms with E-state index < -0.39 is 0 Å². The molecule has 3 heterocycles. The summed E-state index contributed by atoms with van der Waals surface area (Å²) in [6.07, 6.45) is 4.60. The fourth-order valence-corrected chi connectivity index (χ4v) is 3.67. The number of ether oxygens (including phenoxy) is 1. The summed E-state index contributed by atoms with van der Waals surface area (Å²) in [7, 11) is 0. The van der Waals surface area contributed by atoms with Crippen LogP contribution in [0.3, 0.4) is 0 Å². The number of hydrogen-bond donors (Lipinski definition) is 2. The Morgan fingerprint density at radius 3 is 2.82 bits per heavy atom. The number of fused-ring (bicyclic) bond motifs is 1. The topological polar surface area (TPSA) is 79.4 Å². The Balaban J connectivity index is 1.39. The van der Waals surface area contributed by atoms with Crippen LogP contribution in [-0.4, -0.2) is 46.7 Å². The zero-order chi connectivity index (χ0) is 19.3. The fourth-order valence-electron chi connectivity index (χ4n) is 3.67. The van der Waals surface area contributed by atoms with Gasteiger partial charge in [-0.15, -0.1) is 0 Å². The second-order valence-corrected chi connectivity index (χ2v) is 7.45. The van der Waals surface area contributed by atoms with Gasteiger partial charge in [-0.1, -0.05) is 30.3 Å². The third-order valence-electron chi connectivity index (χ3n) is 5.43. The number of benzene rings is 1. The molecule has 0 bridgehead atoms. The number of carbonyl (C=O) groups excluding carboxylic acids is 1. The van der Waals surface area contributed by atoms with Gasteiger partial charge in [-0.05, 0) is 37.3 Å². The molecule has 2 aliphatic rings. The molecule has 2 aromatic rings. The summed E-state index contributed by atoms with van der Waals surface area (Å²) >= 11 is 0. The van der Waals surface area contributed by atoms with E-state index in [-0.39, 0.29) is 12.1 Å². The van der Waals surface area contributed by atoms with Crippen molar-refractivity contribution in [3.05, 3.63) is 53.3 Å². The van der Waals surface area contributed by atoms with Crippen molar-refractivity contribution in [3.63, 3.8) is 0 Å². The molecule has 1 atom stereocenters. The number of rotatable bonds is 4. The number of nitrogens with zero attached hydrogens (tertiary/aromatic N) is 3. The van der Waals surface area contributed by atoms with E-state index in [1.54, 1.807) is 0 Å². The number of aromatic nitrogens is 2. The predicted octanol–water partition coefficient (Wildman–Crippen LogP) is 2.90. The van der Waals surface area contributed by atoms with Crippen LogP contribution in [-0.2, 0) is 17.7 Å². The van der Waals surface area contributed by atoms with Crippen LogP contribution in [0.1, 0.15) is 42.6 Å². The highest BCUT2D eigenvalue weighted by Gasteiger charge is 2.24. The summed E-state index contributed by atoms with van der Waals surface area (Å²) in [6.45, 7) is 4.74. The van der Waals surface area contributed by atoms with E-state index in [1.165, 1.54) is 0 Å². The lowest BCUT2D eigenvalue weighted by Crippen LogP contribution is -2.44. The van der Waals surface area contributed by atoms with Crippen LogP contribution in [0.15, 0.2) is 36.5 Å². The molecule has 0 radical (unpaired) electrons. The van der Waals surface area contributed by atoms with Crippen LogP contribution in [0.4, 0.5) is 10.7 Å².